The van der Waals surface area contributed by atoms with Crippen LogP contribution in [-0.2, 0) is 14.4 Å². The molecule has 2 aromatic rings. The average Bonchev–Trinajstić information content (AvgIpc) is 2.65. The van der Waals surface area contributed by atoms with Crippen LogP contribution in [0.1, 0.15) is 11.5 Å². The highest BCUT2D eigenvalue weighted by Gasteiger charge is 2.16. The zero-order chi connectivity index (χ0) is 18.3. The van der Waals surface area contributed by atoms with E-state index in [9.17, 15) is 12.8 Å². The smallest absolute Gasteiger partial charge is 0.358 e. The fourth-order valence-electron chi connectivity index (χ4n) is 2.01. The van der Waals surface area contributed by atoms with Gasteiger partial charge in [-0.05, 0) is 42.0 Å². The van der Waals surface area contributed by atoms with Crippen LogP contribution < -0.4 is 9.47 Å². The molecule has 2 rings (SSSR count). The Kier molecular flexibility index (Phi) is 6.35. The van der Waals surface area contributed by atoms with Crippen molar-refractivity contribution in [3.63, 3.8) is 0 Å². The maximum atomic E-state index is 13.2. The molecule has 1 unspecified atom stereocenters. The van der Waals surface area contributed by atoms with E-state index < -0.39 is 22.7 Å². The standard InChI is InChI=1S/C17H18FNO5S/c1-22-15-5-3-13(4-6-15)14(11-18)12-19-24-25(20,21)17-9-7-16(23-2)8-10-17/h3-10,12,14H,11H2,1-2H3. The Hall–Kier alpha value is -2.61. The second-order valence-electron chi connectivity index (χ2n) is 4.99. The third-order valence-electron chi connectivity index (χ3n) is 3.44. The molecule has 0 fully saturated rings. The van der Waals surface area contributed by atoms with Gasteiger partial charge in [-0.15, -0.1) is 0 Å². The summed E-state index contributed by atoms with van der Waals surface area (Å²) >= 11 is 0. The third kappa shape index (κ3) is 4.93. The fraction of sp³-hybridized carbons (Fsp3) is 0.235. The molecular weight excluding hydrogens is 349 g/mol. The molecule has 8 heteroatoms. The van der Waals surface area contributed by atoms with Crippen molar-refractivity contribution < 1.29 is 26.6 Å². The molecule has 6 nitrogen and oxygen atoms in total. The highest BCUT2D eigenvalue weighted by molar-refractivity contribution is 7.86. The van der Waals surface area contributed by atoms with Gasteiger partial charge in [0.05, 0.1) is 26.4 Å². The summed E-state index contributed by atoms with van der Waals surface area (Å²) in [4.78, 5) is -0.0771. The quantitative estimate of drug-likeness (QED) is 0.529. The Morgan fingerprint density at radius 3 is 2.00 bits per heavy atom. The Morgan fingerprint density at radius 2 is 1.52 bits per heavy atom. The Labute approximate surface area is 146 Å². The summed E-state index contributed by atoms with van der Waals surface area (Å²) in [5.41, 5.74) is 0.623. The minimum Gasteiger partial charge on any atom is -0.497 e. The summed E-state index contributed by atoms with van der Waals surface area (Å²) in [6, 6.07) is 12.4. The van der Waals surface area contributed by atoms with Crippen molar-refractivity contribution in [2.75, 3.05) is 20.9 Å². The number of benzene rings is 2. The number of halogens is 1. The van der Waals surface area contributed by atoms with E-state index in [1.54, 1.807) is 24.3 Å². The second-order valence-corrected chi connectivity index (χ2v) is 6.52. The summed E-state index contributed by atoms with van der Waals surface area (Å²) in [6.45, 7) is -0.748. The number of methoxy groups -OCH3 is 2. The van der Waals surface area contributed by atoms with Gasteiger partial charge in [-0.2, -0.15) is 8.42 Å². The van der Waals surface area contributed by atoms with Crippen LogP contribution in [0.15, 0.2) is 58.6 Å². The van der Waals surface area contributed by atoms with Crippen LogP contribution in [0.25, 0.3) is 0 Å². The maximum absolute atomic E-state index is 13.2. The molecule has 0 aliphatic heterocycles. The number of ether oxygens (including phenoxy) is 2. The van der Waals surface area contributed by atoms with Crippen LogP contribution in [-0.4, -0.2) is 35.5 Å². The van der Waals surface area contributed by atoms with Gasteiger partial charge in [0.15, 0.2) is 0 Å². The molecule has 25 heavy (non-hydrogen) atoms. The van der Waals surface area contributed by atoms with Crippen LogP contribution in [0.4, 0.5) is 4.39 Å². The van der Waals surface area contributed by atoms with Crippen molar-refractivity contribution >= 4 is 16.3 Å². The number of hydrogen-bond donors (Lipinski definition) is 0. The van der Waals surface area contributed by atoms with E-state index in [-0.39, 0.29) is 4.90 Å². The second kappa shape index (κ2) is 8.48. The molecule has 0 aromatic heterocycles. The highest BCUT2D eigenvalue weighted by atomic mass is 32.2. The topological polar surface area (TPSA) is 74.2 Å². The first kappa shape index (κ1) is 18.7. The molecular formula is C17H18FNO5S. The van der Waals surface area contributed by atoms with Crippen molar-refractivity contribution in [3.8, 4) is 11.5 Å². The maximum Gasteiger partial charge on any atom is 0.358 e. The van der Waals surface area contributed by atoms with Crippen LogP contribution >= 0.6 is 0 Å². The molecule has 1 atom stereocenters. The van der Waals surface area contributed by atoms with E-state index in [1.165, 1.54) is 38.5 Å². The predicted molar refractivity (Wildman–Crippen MR) is 91.5 cm³/mol. The third-order valence-corrected chi connectivity index (χ3v) is 4.57. The summed E-state index contributed by atoms with van der Waals surface area (Å²) in [7, 11) is -1.08. The van der Waals surface area contributed by atoms with E-state index in [1.807, 2.05) is 0 Å². The fourth-order valence-corrected chi connectivity index (χ4v) is 2.72. The van der Waals surface area contributed by atoms with E-state index in [2.05, 4.69) is 9.44 Å². The van der Waals surface area contributed by atoms with Crippen molar-refractivity contribution in [2.24, 2.45) is 5.16 Å². The molecule has 0 bridgehead atoms. The Balaban J connectivity index is 2.07. The largest absolute Gasteiger partial charge is 0.497 e. The average molecular weight is 367 g/mol. The normalized spacial score (nSPS) is 12.8. The number of hydrogen-bond acceptors (Lipinski definition) is 6. The molecule has 0 saturated heterocycles. The van der Waals surface area contributed by atoms with Gasteiger partial charge in [-0.25, -0.2) is 0 Å². The SMILES string of the molecule is COc1ccc(C(C=NOS(=O)(=O)c2ccc(OC)cc2)CF)cc1. The van der Waals surface area contributed by atoms with Crippen LogP contribution in [0.3, 0.4) is 0 Å². The summed E-state index contributed by atoms with van der Waals surface area (Å²) < 4.78 is 51.9. The Morgan fingerprint density at radius 1 is 1.00 bits per heavy atom. The first-order valence-electron chi connectivity index (χ1n) is 7.31. The van der Waals surface area contributed by atoms with Gasteiger partial charge in [-0.3, -0.25) is 8.67 Å². The lowest BCUT2D eigenvalue weighted by molar-refractivity contribution is 0.337. The molecule has 134 valence electrons. The lowest BCUT2D eigenvalue weighted by Crippen LogP contribution is -2.06. The molecule has 0 amide bonds. The van der Waals surface area contributed by atoms with Crippen molar-refractivity contribution in [1.29, 1.82) is 0 Å². The molecule has 0 heterocycles. The number of oxime groups is 1. The molecule has 0 aliphatic carbocycles. The first-order valence-corrected chi connectivity index (χ1v) is 8.72. The predicted octanol–water partition coefficient (Wildman–Crippen LogP) is 3.15. The van der Waals surface area contributed by atoms with Crippen molar-refractivity contribution in [3.05, 3.63) is 54.1 Å². The van der Waals surface area contributed by atoms with Crippen molar-refractivity contribution in [2.45, 2.75) is 10.8 Å². The van der Waals surface area contributed by atoms with E-state index in [0.717, 1.165) is 6.21 Å². The number of nitrogens with zero attached hydrogens (tertiary/aromatic N) is 1. The Bertz CT molecular complexity index is 804. The summed E-state index contributed by atoms with van der Waals surface area (Å²) in [5, 5.41) is 3.44. The number of rotatable bonds is 8. The minimum absolute atomic E-state index is 0.0771. The van der Waals surface area contributed by atoms with Crippen LogP contribution in [0, 0.1) is 0 Å². The highest BCUT2D eigenvalue weighted by Crippen LogP contribution is 2.20. The first-order chi connectivity index (χ1) is 12.0. The summed E-state index contributed by atoms with van der Waals surface area (Å²) in [5.74, 6) is 0.424. The van der Waals surface area contributed by atoms with E-state index >= 15 is 0 Å². The minimum atomic E-state index is -4.08. The molecule has 0 aliphatic rings. The van der Waals surface area contributed by atoms with Gasteiger partial charge < -0.3 is 9.47 Å². The van der Waals surface area contributed by atoms with Crippen LogP contribution in [0.5, 0.6) is 11.5 Å². The van der Waals surface area contributed by atoms with E-state index in [4.69, 9.17) is 9.47 Å². The van der Waals surface area contributed by atoms with E-state index in [0.29, 0.717) is 17.1 Å². The lowest BCUT2D eigenvalue weighted by Gasteiger charge is -2.09. The summed E-state index contributed by atoms with van der Waals surface area (Å²) in [6.07, 6.45) is 1.11. The van der Waals surface area contributed by atoms with Gasteiger partial charge in [0.1, 0.15) is 23.1 Å². The number of alkyl halides is 1. The molecule has 0 radical (unpaired) electrons. The lowest BCUT2D eigenvalue weighted by atomic mass is 10.0. The van der Waals surface area contributed by atoms with Gasteiger partial charge in [0.25, 0.3) is 0 Å². The van der Waals surface area contributed by atoms with Gasteiger partial charge in [-0.1, -0.05) is 17.3 Å². The molecule has 0 saturated carbocycles. The zero-order valence-electron chi connectivity index (χ0n) is 13.8. The molecule has 2 aromatic carbocycles. The van der Waals surface area contributed by atoms with Crippen molar-refractivity contribution in [1.82, 2.24) is 0 Å². The monoisotopic (exact) mass is 367 g/mol. The molecule has 0 N–H and O–H groups in total. The van der Waals surface area contributed by atoms with Gasteiger partial charge in [0, 0.05) is 0 Å². The van der Waals surface area contributed by atoms with Crippen LogP contribution in [0.2, 0.25) is 0 Å². The zero-order valence-corrected chi connectivity index (χ0v) is 14.6. The van der Waals surface area contributed by atoms with Gasteiger partial charge >= 0.3 is 10.1 Å². The molecule has 0 spiro atoms. The van der Waals surface area contributed by atoms with Gasteiger partial charge in [0.2, 0.25) is 0 Å².